The van der Waals surface area contributed by atoms with E-state index in [0.717, 1.165) is 29.0 Å². The van der Waals surface area contributed by atoms with Gasteiger partial charge >= 0.3 is 0 Å². The lowest BCUT2D eigenvalue weighted by molar-refractivity contribution is -0.116. The average Bonchev–Trinajstić information content (AvgIpc) is 2.90. The molecule has 2 aromatic rings. The molecule has 0 aliphatic heterocycles. The first-order valence-corrected chi connectivity index (χ1v) is 7.16. The minimum absolute atomic E-state index is 0.0621. The monoisotopic (exact) mass is 286 g/mol. The van der Waals surface area contributed by atoms with E-state index >= 15 is 0 Å². The van der Waals surface area contributed by atoms with Crippen molar-refractivity contribution in [1.82, 2.24) is 9.78 Å². The first-order chi connectivity index (χ1) is 9.99. The third kappa shape index (κ3) is 3.84. The van der Waals surface area contributed by atoms with Crippen LogP contribution in [0.2, 0.25) is 0 Å². The minimum Gasteiger partial charge on any atom is -0.371 e. The molecule has 0 spiro atoms. The summed E-state index contributed by atoms with van der Waals surface area (Å²) in [5.41, 5.74) is 3.89. The van der Waals surface area contributed by atoms with E-state index in [4.69, 9.17) is 0 Å². The Kier molecular flexibility index (Phi) is 4.62. The minimum atomic E-state index is -0.334. The molecular formula is C16H22N4O. The highest BCUT2D eigenvalue weighted by molar-refractivity contribution is 5.96. The predicted octanol–water partition coefficient (Wildman–Crippen LogP) is 2.96. The van der Waals surface area contributed by atoms with E-state index < -0.39 is 0 Å². The number of hydrogen-bond donors (Lipinski definition) is 2. The van der Waals surface area contributed by atoms with Gasteiger partial charge in [0.05, 0.1) is 11.9 Å². The Morgan fingerprint density at radius 3 is 2.81 bits per heavy atom. The van der Waals surface area contributed by atoms with Crippen molar-refractivity contribution in [2.75, 3.05) is 10.6 Å². The standard InChI is InChI=1S/C16H22N4O/c1-5-20-10-14(9-17-20)18-13(4)16(21)19-15-8-11(2)6-7-12(15)3/h6-10,13,18H,5H2,1-4H3,(H,19,21). The second kappa shape index (κ2) is 6.43. The van der Waals surface area contributed by atoms with Gasteiger partial charge in [-0.1, -0.05) is 12.1 Å². The lowest BCUT2D eigenvalue weighted by Gasteiger charge is -2.15. The van der Waals surface area contributed by atoms with E-state index in [1.807, 2.05) is 56.8 Å². The van der Waals surface area contributed by atoms with Crippen molar-refractivity contribution in [3.05, 3.63) is 41.7 Å². The molecular weight excluding hydrogens is 264 g/mol. The normalized spacial score (nSPS) is 12.0. The van der Waals surface area contributed by atoms with Gasteiger partial charge < -0.3 is 10.6 Å². The Morgan fingerprint density at radius 1 is 1.38 bits per heavy atom. The molecule has 2 rings (SSSR count). The summed E-state index contributed by atoms with van der Waals surface area (Å²) in [6.07, 6.45) is 3.62. The molecule has 1 aromatic carbocycles. The molecule has 1 heterocycles. The highest BCUT2D eigenvalue weighted by Gasteiger charge is 2.14. The van der Waals surface area contributed by atoms with Crippen LogP contribution < -0.4 is 10.6 Å². The molecule has 0 saturated heterocycles. The molecule has 1 aromatic heterocycles. The van der Waals surface area contributed by atoms with Gasteiger partial charge in [-0.25, -0.2) is 0 Å². The second-order valence-electron chi connectivity index (χ2n) is 5.26. The summed E-state index contributed by atoms with van der Waals surface area (Å²) in [5, 5.41) is 10.3. The van der Waals surface area contributed by atoms with Gasteiger partial charge in [-0.2, -0.15) is 5.10 Å². The first kappa shape index (κ1) is 15.1. The fourth-order valence-electron chi connectivity index (χ4n) is 2.04. The summed E-state index contributed by atoms with van der Waals surface area (Å²) >= 11 is 0. The topological polar surface area (TPSA) is 59.0 Å². The summed E-state index contributed by atoms with van der Waals surface area (Å²) in [6, 6.07) is 5.69. The zero-order valence-corrected chi connectivity index (χ0v) is 13.0. The summed E-state index contributed by atoms with van der Waals surface area (Å²) in [7, 11) is 0. The van der Waals surface area contributed by atoms with Crippen molar-refractivity contribution in [3.8, 4) is 0 Å². The zero-order valence-electron chi connectivity index (χ0n) is 13.0. The molecule has 0 aliphatic carbocycles. The third-order valence-corrected chi connectivity index (χ3v) is 3.38. The molecule has 5 heteroatoms. The van der Waals surface area contributed by atoms with Crippen molar-refractivity contribution in [1.29, 1.82) is 0 Å². The molecule has 1 atom stereocenters. The summed E-state index contributed by atoms with van der Waals surface area (Å²) < 4.78 is 1.82. The molecule has 21 heavy (non-hydrogen) atoms. The number of rotatable bonds is 5. The quantitative estimate of drug-likeness (QED) is 0.888. The Bertz CT molecular complexity index is 633. The second-order valence-corrected chi connectivity index (χ2v) is 5.26. The van der Waals surface area contributed by atoms with E-state index in [-0.39, 0.29) is 11.9 Å². The third-order valence-electron chi connectivity index (χ3n) is 3.38. The molecule has 0 bridgehead atoms. The smallest absolute Gasteiger partial charge is 0.246 e. The van der Waals surface area contributed by atoms with E-state index in [0.29, 0.717) is 0 Å². The van der Waals surface area contributed by atoms with Crippen molar-refractivity contribution in [2.45, 2.75) is 40.3 Å². The Hall–Kier alpha value is -2.30. The first-order valence-electron chi connectivity index (χ1n) is 7.16. The van der Waals surface area contributed by atoms with Crippen LogP contribution in [0.5, 0.6) is 0 Å². The average molecular weight is 286 g/mol. The van der Waals surface area contributed by atoms with Gasteiger partial charge in [-0.3, -0.25) is 9.48 Å². The molecule has 5 nitrogen and oxygen atoms in total. The van der Waals surface area contributed by atoms with Crippen LogP contribution in [0.15, 0.2) is 30.6 Å². The number of nitrogens with zero attached hydrogens (tertiary/aromatic N) is 2. The van der Waals surface area contributed by atoms with Crippen LogP contribution in [-0.4, -0.2) is 21.7 Å². The van der Waals surface area contributed by atoms with Crippen LogP contribution in [0.1, 0.15) is 25.0 Å². The molecule has 0 aliphatic rings. The number of benzene rings is 1. The summed E-state index contributed by atoms with van der Waals surface area (Å²) in [5.74, 6) is -0.0621. The number of aryl methyl sites for hydroxylation is 3. The van der Waals surface area contributed by atoms with Gasteiger partial charge in [-0.15, -0.1) is 0 Å². The molecule has 2 N–H and O–H groups in total. The number of aromatic nitrogens is 2. The van der Waals surface area contributed by atoms with E-state index in [1.54, 1.807) is 6.20 Å². The van der Waals surface area contributed by atoms with Crippen LogP contribution in [0.25, 0.3) is 0 Å². The largest absolute Gasteiger partial charge is 0.371 e. The van der Waals surface area contributed by atoms with Crippen LogP contribution >= 0.6 is 0 Å². The van der Waals surface area contributed by atoms with E-state index in [2.05, 4.69) is 15.7 Å². The Labute approximate surface area is 125 Å². The fraction of sp³-hybridized carbons (Fsp3) is 0.375. The molecule has 112 valence electrons. The van der Waals surface area contributed by atoms with Gasteiger partial charge in [0.1, 0.15) is 6.04 Å². The lowest BCUT2D eigenvalue weighted by atomic mass is 10.1. The molecule has 0 saturated carbocycles. The Morgan fingerprint density at radius 2 is 2.14 bits per heavy atom. The van der Waals surface area contributed by atoms with Gasteiger partial charge in [0.2, 0.25) is 5.91 Å². The van der Waals surface area contributed by atoms with Gasteiger partial charge in [-0.05, 0) is 44.9 Å². The molecule has 1 amide bonds. The molecule has 1 unspecified atom stereocenters. The number of carbonyl (C=O) groups is 1. The number of hydrogen-bond acceptors (Lipinski definition) is 3. The van der Waals surface area contributed by atoms with Crippen LogP contribution in [0.3, 0.4) is 0 Å². The van der Waals surface area contributed by atoms with Gasteiger partial charge in [0.15, 0.2) is 0 Å². The number of amides is 1. The number of carbonyl (C=O) groups excluding carboxylic acids is 1. The molecule has 0 fully saturated rings. The number of anilines is 2. The maximum Gasteiger partial charge on any atom is 0.246 e. The van der Waals surface area contributed by atoms with Crippen molar-refractivity contribution < 1.29 is 4.79 Å². The van der Waals surface area contributed by atoms with Crippen LogP contribution in [0.4, 0.5) is 11.4 Å². The SMILES string of the molecule is CCn1cc(NC(C)C(=O)Nc2cc(C)ccc2C)cn1. The van der Waals surface area contributed by atoms with Crippen LogP contribution in [0, 0.1) is 13.8 Å². The predicted molar refractivity (Wildman–Crippen MR) is 85.5 cm³/mol. The zero-order chi connectivity index (χ0) is 15.4. The van der Waals surface area contributed by atoms with Crippen molar-refractivity contribution >= 4 is 17.3 Å². The van der Waals surface area contributed by atoms with Crippen molar-refractivity contribution in [2.24, 2.45) is 0 Å². The van der Waals surface area contributed by atoms with Gasteiger partial charge in [0.25, 0.3) is 0 Å². The Balaban J connectivity index is 2.00. The highest BCUT2D eigenvalue weighted by Crippen LogP contribution is 2.17. The van der Waals surface area contributed by atoms with Crippen molar-refractivity contribution in [3.63, 3.8) is 0 Å². The summed E-state index contributed by atoms with van der Waals surface area (Å²) in [4.78, 5) is 12.3. The number of nitrogens with one attached hydrogen (secondary N) is 2. The fourth-order valence-corrected chi connectivity index (χ4v) is 2.04. The maximum atomic E-state index is 12.3. The maximum absolute atomic E-state index is 12.3. The lowest BCUT2D eigenvalue weighted by Crippen LogP contribution is -2.32. The van der Waals surface area contributed by atoms with E-state index in [9.17, 15) is 4.79 Å². The highest BCUT2D eigenvalue weighted by atomic mass is 16.2. The van der Waals surface area contributed by atoms with Crippen LogP contribution in [-0.2, 0) is 11.3 Å². The summed E-state index contributed by atoms with van der Waals surface area (Å²) in [6.45, 7) is 8.66. The molecule has 0 radical (unpaired) electrons. The van der Waals surface area contributed by atoms with Gasteiger partial charge in [0, 0.05) is 18.4 Å². The van der Waals surface area contributed by atoms with E-state index in [1.165, 1.54) is 0 Å².